The fourth-order valence-corrected chi connectivity index (χ4v) is 2.04. The van der Waals surface area contributed by atoms with Gasteiger partial charge in [-0.05, 0) is 29.0 Å². The smallest absolute Gasteiger partial charge is 0.165 e. The first-order chi connectivity index (χ1) is 7.04. The molecule has 0 atom stereocenters. The van der Waals surface area contributed by atoms with Crippen LogP contribution in [0, 0.1) is 33.4 Å². The molecule has 0 amide bonds. The maximum Gasteiger partial charge on any atom is 0.165 e. The van der Waals surface area contributed by atoms with E-state index in [2.05, 4.69) is 5.92 Å². The maximum absolute atomic E-state index is 13.5. The Labute approximate surface area is 100 Å². The molecule has 1 aromatic carbocycles. The van der Waals surface area contributed by atoms with E-state index in [4.69, 9.17) is 6.42 Å². The van der Waals surface area contributed by atoms with Crippen LogP contribution in [0.5, 0.6) is 0 Å². The number of halogens is 4. The van der Waals surface area contributed by atoms with Crippen molar-refractivity contribution in [2.24, 2.45) is 0 Å². The number of benzene rings is 1. The molecule has 80 valence electrons. The van der Waals surface area contributed by atoms with Crippen LogP contribution in [0.4, 0.5) is 13.2 Å². The molecule has 1 rings (SSSR count). The van der Waals surface area contributed by atoms with Crippen LogP contribution in [0.1, 0.15) is 18.1 Å². The SMILES string of the molecule is C#CCc1c(F)c(F)c(CC)c(F)c1I. The molecule has 0 aliphatic carbocycles. The van der Waals surface area contributed by atoms with Gasteiger partial charge in [0, 0.05) is 17.5 Å². The van der Waals surface area contributed by atoms with E-state index in [1.807, 2.05) is 0 Å². The topological polar surface area (TPSA) is 0 Å². The molecule has 0 aliphatic heterocycles. The van der Waals surface area contributed by atoms with E-state index in [1.165, 1.54) is 0 Å². The van der Waals surface area contributed by atoms with E-state index >= 15 is 0 Å². The average molecular weight is 324 g/mol. The third kappa shape index (κ3) is 2.12. The van der Waals surface area contributed by atoms with Crippen molar-refractivity contribution in [3.63, 3.8) is 0 Å². The Balaban J connectivity index is 3.53. The minimum absolute atomic E-state index is 0.0706. The minimum Gasteiger partial charge on any atom is -0.205 e. The Hall–Kier alpha value is -0.700. The lowest BCUT2D eigenvalue weighted by Crippen LogP contribution is -2.06. The monoisotopic (exact) mass is 324 g/mol. The van der Waals surface area contributed by atoms with Crippen molar-refractivity contribution in [1.82, 2.24) is 0 Å². The van der Waals surface area contributed by atoms with E-state index in [0.717, 1.165) is 0 Å². The van der Waals surface area contributed by atoms with Crippen molar-refractivity contribution < 1.29 is 13.2 Å². The Morgan fingerprint density at radius 1 is 1.13 bits per heavy atom. The lowest BCUT2D eigenvalue weighted by atomic mass is 10.1. The predicted octanol–water partition coefficient (Wildman–Crippen LogP) is 3.45. The largest absolute Gasteiger partial charge is 0.205 e. The Morgan fingerprint density at radius 3 is 2.13 bits per heavy atom. The standard InChI is InChI=1S/C11H8F3I/c1-3-5-7-9(13)8(12)6(4-2)10(14)11(7)15/h1H,4-5H2,2H3. The number of hydrogen-bond donors (Lipinski definition) is 0. The molecule has 0 saturated carbocycles. The minimum atomic E-state index is -1.12. The molecule has 0 unspecified atom stereocenters. The fraction of sp³-hybridized carbons (Fsp3) is 0.273. The molecule has 0 saturated heterocycles. The first kappa shape index (κ1) is 12.4. The molecular weight excluding hydrogens is 316 g/mol. The van der Waals surface area contributed by atoms with Gasteiger partial charge in [-0.1, -0.05) is 6.92 Å². The second-order valence-electron chi connectivity index (χ2n) is 2.95. The summed E-state index contributed by atoms with van der Waals surface area (Å²) in [6.45, 7) is 1.57. The summed E-state index contributed by atoms with van der Waals surface area (Å²) in [5, 5.41) is 0. The summed E-state index contributed by atoms with van der Waals surface area (Å²) in [5.41, 5.74) is -0.303. The second kappa shape index (κ2) is 4.88. The number of rotatable bonds is 2. The van der Waals surface area contributed by atoms with Crippen molar-refractivity contribution in [2.45, 2.75) is 19.8 Å². The van der Waals surface area contributed by atoms with Gasteiger partial charge < -0.3 is 0 Å². The van der Waals surface area contributed by atoms with E-state index in [1.54, 1.807) is 29.5 Å². The third-order valence-electron chi connectivity index (χ3n) is 2.08. The van der Waals surface area contributed by atoms with E-state index in [-0.39, 0.29) is 27.5 Å². The van der Waals surface area contributed by atoms with Gasteiger partial charge in [0.1, 0.15) is 5.82 Å². The highest BCUT2D eigenvalue weighted by Gasteiger charge is 2.21. The van der Waals surface area contributed by atoms with Gasteiger partial charge in [-0.25, -0.2) is 13.2 Å². The maximum atomic E-state index is 13.5. The fourth-order valence-electron chi connectivity index (χ4n) is 1.29. The molecule has 0 spiro atoms. The van der Waals surface area contributed by atoms with Gasteiger partial charge >= 0.3 is 0 Å². The highest BCUT2D eigenvalue weighted by Crippen LogP contribution is 2.27. The molecule has 0 N–H and O–H groups in total. The molecule has 15 heavy (non-hydrogen) atoms. The van der Waals surface area contributed by atoms with Crippen molar-refractivity contribution in [1.29, 1.82) is 0 Å². The Morgan fingerprint density at radius 2 is 1.67 bits per heavy atom. The molecule has 0 aromatic heterocycles. The second-order valence-corrected chi connectivity index (χ2v) is 4.03. The molecule has 0 nitrogen and oxygen atoms in total. The number of terminal acetylenes is 1. The molecule has 0 fully saturated rings. The van der Waals surface area contributed by atoms with Crippen LogP contribution in [0.15, 0.2) is 0 Å². The van der Waals surface area contributed by atoms with Gasteiger partial charge in [-0.2, -0.15) is 0 Å². The molecule has 0 radical (unpaired) electrons. The molecular formula is C11H8F3I. The van der Waals surface area contributed by atoms with Crippen LogP contribution in [0.25, 0.3) is 0 Å². The number of hydrogen-bond acceptors (Lipinski definition) is 0. The molecule has 0 bridgehead atoms. The van der Waals surface area contributed by atoms with Crippen LogP contribution in [-0.2, 0) is 12.8 Å². The summed E-state index contributed by atoms with van der Waals surface area (Å²) >= 11 is 1.64. The summed E-state index contributed by atoms with van der Waals surface area (Å²) < 4.78 is 40.4. The van der Waals surface area contributed by atoms with E-state index < -0.39 is 17.5 Å². The van der Waals surface area contributed by atoms with Gasteiger partial charge in [-0.15, -0.1) is 12.3 Å². The lowest BCUT2D eigenvalue weighted by molar-refractivity contribution is 0.471. The summed E-state index contributed by atoms with van der Waals surface area (Å²) in [6, 6.07) is 0. The average Bonchev–Trinajstić information content (AvgIpc) is 2.23. The zero-order valence-corrected chi connectivity index (χ0v) is 10.2. The Kier molecular flexibility index (Phi) is 4.03. The summed E-state index contributed by atoms with van der Waals surface area (Å²) in [5.74, 6) is -0.683. The van der Waals surface area contributed by atoms with Gasteiger partial charge in [0.05, 0.1) is 3.57 Å². The van der Waals surface area contributed by atoms with Crippen molar-refractivity contribution in [2.75, 3.05) is 0 Å². The highest BCUT2D eigenvalue weighted by atomic mass is 127. The quantitative estimate of drug-likeness (QED) is 0.444. The normalized spacial score (nSPS) is 10.1. The summed E-state index contributed by atoms with van der Waals surface area (Å²) in [7, 11) is 0. The van der Waals surface area contributed by atoms with Crippen LogP contribution >= 0.6 is 22.6 Å². The van der Waals surface area contributed by atoms with Crippen LogP contribution < -0.4 is 0 Å². The third-order valence-corrected chi connectivity index (χ3v) is 3.20. The molecule has 4 heteroatoms. The van der Waals surface area contributed by atoms with Crippen LogP contribution in [0.3, 0.4) is 0 Å². The first-order valence-corrected chi connectivity index (χ1v) is 5.39. The predicted molar refractivity (Wildman–Crippen MR) is 60.9 cm³/mol. The van der Waals surface area contributed by atoms with Crippen molar-refractivity contribution in [3.05, 3.63) is 32.1 Å². The Bertz CT molecular complexity index is 403. The first-order valence-electron chi connectivity index (χ1n) is 4.31. The van der Waals surface area contributed by atoms with Crippen LogP contribution in [-0.4, -0.2) is 0 Å². The zero-order valence-electron chi connectivity index (χ0n) is 8.00. The van der Waals surface area contributed by atoms with Crippen molar-refractivity contribution in [3.8, 4) is 12.3 Å². The summed E-state index contributed by atoms with van der Waals surface area (Å²) in [6.07, 6.45) is 5.01. The molecule has 0 aliphatic rings. The summed E-state index contributed by atoms with van der Waals surface area (Å²) in [4.78, 5) is 0. The zero-order chi connectivity index (χ0) is 11.6. The molecule has 1 aromatic rings. The van der Waals surface area contributed by atoms with Gasteiger partial charge in [0.15, 0.2) is 11.6 Å². The van der Waals surface area contributed by atoms with E-state index in [0.29, 0.717) is 0 Å². The highest BCUT2D eigenvalue weighted by molar-refractivity contribution is 14.1. The van der Waals surface area contributed by atoms with E-state index in [9.17, 15) is 13.2 Å². The van der Waals surface area contributed by atoms with Crippen molar-refractivity contribution >= 4 is 22.6 Å². The molecule has 0 heterocycles. The lowest BCUT2D eigenvalue weighted by Gasteiger charge is -2.10. The van der Waals surface area contributed by atoms with Gasteiger partial charge in [0.25, 0.3) is 0 Å². The van der Waals surface area contributed by atoms with Gasteiger partial charge in [0.2, 0.25) is 0 Å². The van der Waals surface area contributed by atoms with Crippen LogP contribution in [0.2, 0.25) is 0 Å². The van der Waals surface area contributed by atoms with Gasteiger partial charge in [-0.3, -0.25) is 0 Å².